The van der Waals surface area contributed by atoms with E-state index in [4.69, 9.17) is 10.5 Å². The average molecular weight is 273 g/mol. The number of nitrogens with one attached hydrogen (secondary N) is 2. The summed E-state index contributed by atoms with van der Waals surface area (Å²) in [6.07, 6.45) is 2.09. The maximum atomic E-state index is 12.2. The number of aromatic nitrogens is 1. The molecule has 1 aliphatic rings. The lowest BCUT2D eigenvalue weighted by Gasteiger charge is -2.35. The van der Waals surface area contributed by atoms with Crippen LogP contribution in [0, 0.1) is 0 Å². The molecule has 0 spiro atoms. The van der Waals surface area contributed by atoms with Gasteiger partial charge < -0.3 is 20.8 Å². The van der Waals surface area contributed by atoms with Crippen LogP contribution in [-0.2, 0) is 4.74 Å². The van der Waals surface area contributed by atoms with Gasteiger partial charge in [0.1, 0.15) is 5.69 Å². The number of carbonyl (C=O) groups is 1. The monoisotopic (exact) mass is 273 g/mol. The van der Waals surface area contributed by atoms with Gasteiger partial charge in [-0.2, -0.15) is 0 Å². The highest BCUT2D eigenvalue weighted by molar-refractivity contribution is 5.98. The summed E-state index contributed by atoms with van der Waals surface area (Å²) in [6, 6.07) is 7.61. The van der Waals surface area contributed by atoms with E-state index < -0.39 is 0 Å². The van der Waals surface area contributed by atoms with E-state index in [-0.39, 0.29) is 11.9 Å². The Bertz CT molecular complexity index is 629. The third-order valence-electron chi connectivity index (χ3n) is 3.72. The third kappa shape index (κ3) is 2.49. The van der Waals surface area contributed by atoms with Crippen molar-refractivity contribution in [2.45, 2.75) is 31.9 Å². The van der Waals surface area contributed by atoms with Gasteiger partial charge in [0.05, 0.1) is 6.10 Å². The van der Waals surface area contributed by atoms with Gasteiger partial charge in [-0.05, 0) is 44.0 Å². The number of nitrogens with two attached hydrogens (primary N) is 1. The van der Waals surface area contributed by atoms with Crippen molar-refractivity contribution in [3.05, 3.63) is 30.0 Å². The van der Waals surface area contributed by atoms with Gasteiger partial charge in [-0.15, -0.1) is 0 Å². The van der Waals surface area contributed by atoms with E-state index in [9.17, 15) is 4.79 Å². The number of hydrogen-bond acceptors (Lipinski definition) is 3. The summed E-state index contributed by atoms with van der Waals surface area (Å²) < 4.78 is 5.48. The minimum Gasteiger partial charge on any atom is -0.399 e. The first-order valence-corrected chi connectivity index (χ1v) is 6.96. The Labute approximate surface area is 117 Å². The van der Waals surface area contributed by atoms with Gasteiger partial charge in [0.25, 0.3) is 5.91 Å². The van der Waals surface area contributed by atoms with Crippen LogP contribution in [0.5, 0.6) is 0 Å². The standard InChI is InChI=1S/C15H19N3O2/c1-2-20-12-7-11(8-12)17-15(19)14-6-9-5-10(16)3-4-13(9)18-14/h3-6,11-12,18H,2,7-8,16H2,1H3,(H,17,19). The van der Waals surface area contributed by atoms with Crippen LogP contribution < -0.4 is 11.1 Å². The Morgan fingerprint density at radius 3 is 3.00 bits per heavy atom. The number of H-pyrrole nitrogens is 1. The molecular formula is C15H19N3O2. The first kappa shape index (κ1) is 13.0. The molecule has 0 saturated heterocycles. The molecule has 0 radical (unpaired) electrons. The second-order valence-electron chi connectivity index (χ2n) is 5.25. The van der Waals surface area contributed by atoms with Gasteiger partial charge in [-0.1, -0.05) is 0 Å². The number of hydrogen-bond donors (Lipinski definition) is 3. The number of rotatable bonds is 4. The van der Waals surface area contributed by atoms with E-state index >= 15 is 0 Å². The molecule has 3 rings (SSSR count). The quantitative estimate of drug-likeness (QED) is 0.746. The second kappa shape index (κ2) is 5.17. The van der Waals surface area contributed by atoms with Crippen LogP contribution in [0.3, 0.4) is 0 Å². The summed E-state index contributed by atoms with van der Waals surface area (Å²) in [5.74, 6) is -0.0697. The van der Waals surface area contributed by atoms with E-state index in [1.54, 1.807) is 0 Å². The van der Waals surface area contributed by atoms with Crippen LogP contribution in [0.25, 0.3) is 10.9 Å². The van der Waals surface area contributed by atoms with Gasteiger partial charge in [0, 0.05) is 29.2 Å². The second-order valence-corrected chi connectivity index (χ2v) is 5.25. The average Bonchev–Trinajstić information content (AvgIpc) is 2.79. The summed E-state index contributed by atoms with van der Waals surface area (Å²) in [6.45, 7) is 2.72. The smallest absolute Gasteiger partial charge is 0.267 e. The Kier molecular flexibility index (Phi) is 3.36. The Hall–Kier alpha value is -2.01. The number of benzene rings is 1. The zero-order valence-corrected chi connectivity index (χ0v) is 11.5. The highest BCUT2D eigenvalue weighted by Crippen LogP contribution is 2.24. The van der Waals surface area contributed by atoms with Crippen LogP contribution >= 0.6 is 0 Å². The molecule has 4 N–H and O–H groups in total. The van der Waals surface area contributed by atoms with E-state index in [0.29, 0.717) is 17.5 Å². The highest BCUT2D eigenvalue weighted by Gasteiger charge is 2.31. The van der Waals surface area contributed by atoms with E-state index in [1.807, 2.05) is 31.2 Å². The summed E-state index contributed by atoms with van der Waals surface area (Å²) in [5.41, 5.74) is 7.93. The van der Waals surface area contributed by atoms with Crippen molar-refractivity contribution >= 4 is 22.5 Å². The predicted octanol–water partition coefficient (Wildman–Crippen LogP) is 2.05. The van der Waals surface area contributed by atoms with Crippen molar-refractivity contribution in [3.63, 3.8) is 0 Å². The van der Waals surface area contributed by atoms with Gasteiger partial charge >= 0.3 is 0 Å². The number of fused-ring (bicyclic) bond motifs is 1. The van der Waals surface area contributed by atoms with Gasteiger partial charge in [-0.25, -0.2) is 0 Å². The number of ether oxygens (including phenoxy) is 1. The van der Waals surface area contributed by atoms with Crippen molar-refractivity contribution in [2.24, 2.45) is 0 Å². The molecule has 0 aliphatic heterocycles. The molecule has 1 fully saturated rings. The van der Waals surface area contributed by atoms with Crippen LogP contribution in [0.1, 0.15) is 30.3 Å². The highest BCUT2D eigenvalue weighted by atomic mass is 16.5. The summed E-state index contributed by atoms with van der Waals surface area (Å²) in [4.78, 5) is 15.3. The molecule has 0 bridgehead atoms. The maximum absolute atomic E-state index is 12.2. The molecular weight excluding hydrogens is 254 g/mol. The van der Waals surface area contributed by atoms with Gasteiger partial charge in [0.15, 0.2) is 0 Å². The fourth-order valence-electron chi connectivity index (χ4n) is 2.59. The minimum atomic E-state index is -0.0697. The van der Waals surface area contributed by atoms with E-state index in [0.717, 1.165) is 30.4 Å². The van der Waals surface area contributed by atoms with E-state index in [2.05, 4.69) is 10.3 Å². The first-order valence-electron chi connectivity index (χ1n) is 6.96. The third-order valence-corrected chi connectivity index (χ3v) is 3.72. The lowest BCUT2D eigenvalue weighted by atomic mass is 9.89. The van der Waals surface area contributed by atoms with E-state index in [1.165, 1.54) is 0 Å². The Morgan fingerprint density at radius 2 is 2.25 bits per heavy atom. The van der Waals surface area contributed by atoms with Crippen LogP contribution in [-0.4, -0.2) is 29.6 Å². The van der Waals surface area contributed by atoms with Gasteiger partial charge in [-0.3, -0.25) is 4.79 Å². The molecule has 1 amide bonds. The SMILES string of the molecule is CCOC1CC(NC(=O)c2cc3cc(N)ccc3[nH]2)C1. The number of nitrogen functional groups attached to an aromatic ring is 1. The molecule has 2 aromatic rings. The predicted molar refractivity (Wildman–Crippen MR) is 78.6 cm³/mol. The zero-order chi connectivity index (χ0) is 14.1. The molecule has 0 unspecified atom stereocenters. The number of amides is 1. The summed E-state index contributed by atoms with van der Waals surface area (Å²) in [7, 11) is 0. The lowest BCUT2D eigenvalue weighted by molar-refractivity contribution is -0.00866. The Balaban J connectivity index is 1.64. The van der Waals surface area contributed by atoms with Crippen LogP contribution in [0.2, 0.25) is 0 Å². The van der Waals surface area contributed by atoms with Crippen molar-refractivity contribution in [1.82, 2.24) is 10.3 Å². The largest absolute Gasteiger partial charge is 0.399 e. The first-order chi connectivity index (χ1) is 9.65. The van der Waals surface area contributed by atoms with Crippen molar-refractivity contribution in [2.75, 3.05) is 12.3 Å². The molecule has 1 aromatic carbocycles. The molecule has 1 aliphatic carbocycles. The molecule has 20 heavy (non-hydrogen) atoms. The normalized spacial score (nSPS) is 21.6. The van der Waals surface area contributed by atoms with Crippen molar-refractivity contribution in [1.29, 1.82) is 0 Å². The molecule has 5 nitrogen and oxygen atoms in total. The summed E-state index contributed by atoms with van der Waals surface area (Å²) >= 11 is 0. The topological polar surface area (TPSA) is 80.1 Å². The molecule has 0 atom stereocenters. The molecule has 1 aromatic heterocycles. The van der Waals surface area contributed by atoms with Crippen molar-refractivity contribution in [3.8, 4) is 0 Å². The minimum absolute atomic E-state index is 0.0697. The molecule has 106 valence electrons. The summed E-state index contributed by atoms with van der Waals surface area (Å²) in [5, 5.41) is 3.97. The Morgan fingerprint density at radius 1 is 1.45 bits per heavy atom. The van der Waals surface area contributed by atoms with Crippen LogP contribution in [0.15, 0.2) is 24.3 Å². The molecule has 1 saturated carbocycles. The fraction of sp³-hybridized carbons (Fsp3) is 0.400. The fourth-order valence-corrected chi connectivity index (χ4v) is 2.59. The zero-order valence-electron chi connectivity index (χ0n) is 11.5. The van der Waals surface area contributed by atoms with Gasteiger partial charge in [0.2, 0.25) is 0 Å². The molecule has 1 heterocycles. The van der Waals surface area contributed by atoms with Crippen LogP contribution in [0.4, 0.5) is 5.69 Å². The number of aromatic amines is 1. The number of anilines is 1. The lowest BCUT2D eigenvalue weighted by Crippen LogP contribution is -2.47. The maximum Gasteiger partial charge on any atom is 0.267 e. The molecule has 5 heteroatoms. The number of carbonyl (C=O) groups excluding carboxylic acids is 1. The van der Waals surface area contributed by atoms with Crippen molar-refractivity contribution < 1.29 is 9.53 Å².